The van der Waals surface area contributed by atoms with E-state index in [0.29, 0.717) is 13.2 Å². The van der Waals surface area contributed by atoms with Crippen LogP contribution in [0.2, 0.25) is 0 Å². The number of benzene rings is 1. The van der Waals surface area contributed by atoms with E-state index in [2.05, 4.69) is 17.0 Å². The Morgan fingerprint density at radius 1 is 1.41 bits per heavy atom. The molecule has 0 amide bonds. The van der Waals surface area contributed by atoms with Crippen LogP contribution in [0.3, 0.4) is 0 Å². The lowest BCUT2D eigenvalue weighted by atomic mass is 10.0. The van der Waals surface area contributed by atoms with Crippen LogP contribution in [0.25, 0.3) is 0 Å². The lowest BCUT2D eigenvalue weighted by Crippen LogP contribution is -2.29. The number of aliphatic hydroxyl groups is 1. The van der Waals surface area contributed by atoms with Gasteiger partial charge in [0.25, 0.3) is 0 Å². The second-order valence-corrected chi connectivity index (χ2v) is 5.31. The summed E-state index contributed by atoms with van der Waals surface area (Å²) in [5, 5.41) is 9.50. The first-order chi connectivity index (χ1) is 10.8. The van der Waals surface area contributed by atoms with Gasteiger partial charge in [0.2, 0.25) is 0 Å². The molecule has 2 aliphatic rings. The first kappa shape index (κ1) is 15.1. The molecule has 2 heterocycles. The Bertz CT molecular complexity index is 582. The maximum Gasteiger partial charge on any atom is 0.168 e. The highest BCUT2D eigenvalue weighted by molar-refractivity contribution is 5.59. The number of fused-ring (bicyclic) bond motifs is 1. The van der Waals surface area contributed by atoms with Crippen LogP contribution < -0.4 is 9.79 Å². The normalized spacial score (nSPS) is 20.4. The first-order valence-corrected chi connectivity index (χ1v) is 7.60. The van der Waals surface area contributed by atoms with E-state index < -0.39 is 0 Å². The van der Waals surface area contributed by atoms with Gasteiger partial charge >= 0.3 is 0 Å². The molecular weight excluding hydrogens is 282 g/mol. The van der Waals surface area contributed by atoms with Gasteiger partial charge in [-0.05, 0) is 31.2 Å². The molecule has 22 heavy (non-hydrogen) atoms. The highest BCUT2D eigenvalue weighted by atomic mass is 17.2. The van der Waals surface area contributed by atoms with E-state index in [1.54, 1.807) is 0 Å². The molecule has 0 aromatic heterocycles. The SMILES string of the molecule is CCOCC1Cc2cc(N3CC=CC=C3CO)ccc2OO1. The molecule has 5 heteroatoms. The molecule has 0 saturated heterocycles. The molecule has 1 unspecified atom stereocenters. The lowest BCUT2D eigenvalue weighted by molar-refractivity contribution is -0.264. The Morgan fingerprint density at radius 3 is 3.14 bits per heavy atom. The zero-order valence-corrected chi connectivity index (χ0v) is 12.7. The summed E-state index contributed by atoms with van der Waals surface area (Å²) in [6.45, 7) is 3.92. The van der Waals surface area contributed by atoms with Crippen molar-refractivity contribution in [2.24, 2.45) is 0 Å². The minimum absolute atomic E-state index is 0.0218. The van der Waals surface area contributed by atoms with Gasteiger partial charge in [0.15, 0.2) is 5.75 Å². The fraction of sp³-hybridized carbons (Fsp3) is 0.412. The summed E-state index contributed by atoms with van der Waals surface area (Å²) in [5.41, 5.74) is 3.03. The van der Waals surface area contributed by atoms with Crippen molar-refractivity contribution in [3.63, 3.8) is 0 Å². The van der Waals surface area contributed by atoms with Crippen molar-refractivity contribution in [3.05, 3.63) is 47.7 Å². The second kappa shape index (κ2) is 6.96. The third-order valence-corrected chi connectivity index (χ3v) is 3.81. The fourth-order valence-corrected chi connectivity index (χ4v) is 2.67. The molecule has 1 aromatic rings. The van der Waals surface area contributed by atoms with Crippen LogP contribution in [0.5, 0.6) is 5.75 Å². The van der Waals surface area contributed by atoms with Gasteiger partial charge in [0.1, 0.15) is 6.10 Å². The predicted octanol–water partition coefficient (Wildman–Crippen LogP) is 2.21. The van der Waals surface area contributed by atoms with E-state index in [9.17, 15) is 5.11 Å². The molecule has 5 nitrogen and oxygen atoms in total. The molecule has 1 atom stereocenters. The van der Waals surface area contributed by atoms with E-state index in [-0.39, 0.29) is 12.7 Å². The van der Waals surface area contributed by atoms with E-state index >= 15 is 0 Å². The summed E-state index contributed by atoms with van der Waals surface area (Å²) in [5.74, 6) is 0.749. The first-order valence-electron chi connectivity index (χ1n) is 7.60. The van der Waals surface area contributed by atoms with Crippen LogP contribution in [-0.4, -0.2) is 37.6 Å². The summed E-state index contributed by atoms with van der Waals surface area (Å²) >= 11 is 0. The summed E-state index contributed by atoms with van der Waals surface area (Å²) in [6.07, 6.45) is 6.63. The number of allylic oxidation sites excluding steroid dienone is 2. The average molecular weight is 303 g/mol. The quantitative estimate of drug-likeness (QED) is 0.845. The summed E-state index contributed by atoms with van der Waals surface area (Å²) in [7, 11) is 0. The predicted molar refractivity (Wildman–Crippen MR) is 83.8 cm³/mol. The van der Waals surface area contributed by atoms with Crippen LogP contribution >= 0.6 is 0 Å². The second-order valence-electron chi connectivity index (χ2n) is 5.31. The van der Waals surface area contributed by atoms with Gasteiger partial charge in [0, 0.05) is 36.5 Å². The van der Waals surface area contributed by atoms with Crippen LogP contribution in [0.4, 0.5) is 5.69 Å². The van der Waals surface area contributed by atoms with Crippen LogP contribution in [0.1, 0.15) is 12.5 Å². The molecule has 0 spiro atoms. The van der Waals surface area contributed by atoms with Gasteiger partial charge in [-0.15, -0.1) is 0 Å². The molecule has 0 fully saturated rings. The summed E-state index contributed by atoms with van der Waals surface area (Å²) < 4.78 is 5.40. The van der Waals surface area contributed by atoms with Crippen LogP contribution in [-0.2, 0) is 16.0 Å². The monoisotopic (exact) mass is 303 g/mol. The molecule has 0 aliphatic carbocycles. The number of aliphatic hydroxyl groups excluding tert-OH is 1. The van der Waals surface area contributed by atoms with Crippen molar-refractivity contribution in [2.75, 3.05) is 31.3 Å². The third-order valence-electron chi connectivity index (χ3n) is 3.81. The van der Waals surface area contributed by atoms with E-state index in [4.69, 9.17) is 14.5 Å². The molecule has 3 rings (SSSR count). The minimum Gasteiger partial charge on any atom is -0.390 e. The van der Waals surface area contributed by atoms with Crippen molar-refractivity contribution in [1.82, 2.24) is 0 Å². The van der Waals surface area contributed by atoms with Crippen LogP contribution in [0, 0.1) is 0 Å². The summed E-state index contributed by atoms with van der Waals surface area (Å²) in [6, 6.07) is 5.99. The van der Waals surface area contributed by atoms with Crippen molar-refractivity contribution in [2.45, 2.75) is 19.4 Å². The topological polar surface area (TPSA) is 51.2 Å². The lowest BCUT2D eigenvalue weighted by Gasteiger charge is -2.29. The standard InChI is InChI=1S/C17H21NO4/c1-2-20-12-16-10-13-9-14(6-7-17(13)22-21-16)18-8-4-3-5-15(18)11-19/h3-7,9,16,19H,2,8,10-12H2,1H3. The number of ether oxygens (including phenoxy) is 1. The Kier molecular flexibility index (Phi) is 4.77. The molecule has 0 saturated carbocycles. The zero-order chi connectivity index (χ0) is 15.4. The maximum atomic E-state index is 9.50. The Balaban J connectivity index is 1.79. The third kappa shape index (κ3) is 3.16. The van der Waals surface area contributed by atoms with Crippen LogP contribution in [0.15, 0.2) is 42.1 Å². The molecule has 0 radical (unpaired) electrons. The van der Waals surface area contributed by atoms with Gasteiger partial charge < -0.3 is 19.6 Å². The number of hydrogen-bond acceptors (Lipinski definition) is 5. The van der Waals surface area contributed by atoms with Crippen molar-refractivity contribution in [1.29, 1.82) is 0 Å². The smallest absolute Gasteiger partial charge is 0.168 e. The van der Waals surface area contributed by atoms with Gasteiger partial charge in [-0.2, -0.15) is 4.89 Å². The highest BCUT2D eigenvalue weighted by Gasteiger charge is 2.23. The number of anilines is 1. The summed E-state index contributed by atoms with van der Waals surface area (Å²) in [4.78, 5) is 12.8. The van der Waals surface area contributed by atoms with Gasteiger partial charge in [-0.3, -0.25) is 0 Å². The number of hydrogen-bond donors (Lipinski definition) is 1. The van der Waals surface area contributed by atoms with E-state index in [0.717, 1.165) is 35.7 Å². The van der Waals surface area contributed by atoms with Gasteiger partial charge in [-0.25, -0.2) is 0 Å². The molecule has 2 aliphatic heterocycles. The zero-order valence-electron chi connectivity index (χ0n) is 12.7. The largest absolute Gasteiger partial charge is 0.390 e. The Morgan fingerprint density at radius 2 is 2.32 bits per heavy atom. The van der Waals surface area contributed by atoms with Crippen molar-refractivity contribution < 1.29 is 19.6 Å². The molecular formula is C17H21NO4. The minimum atomic E-state index is -0.0863. The molecule has 1 aromatic carbocycles. The fourth-order valence-electron chi connectivity index (χ4n) is 2.67. The Labute approximate surface area is 130 Å². The highest BCUT2D eigenvalue weighted by Crippen LogP contribution is 2.32. The maximum absolute atomic E-state index is 9.50. The van der Waals surface area contributed by atoms with Crippen molar-refractivity contribution in [3.8, 4) is 5.75 Å². The molecule has 118 valence electrons. The van der Waals surface area contributed by atoms with Crippen molar-refractivity contribution >= 4 is 5.69 Å². The number of nitrogens with zero attached hydrogens (tertiary/aromatic N) is 1. The molecule has 0 bridgehead atoms. The van der Waals surface area contributed by atoms with E-state index in [1.165, 1.54) is 0 Å². The van der Waals surface area contributed by atoms with Gasteiger partial charge in [0.05, 0.1) is 13.2 Å². The average Bonchev–Trinajstić information content (AvgIpc) is 2.59. The van der Waals surface area contributed by atoms with E-state index in [1.807, 2.05) is 31.2 Å². The molecule has 1 N–H and O–H groups in total. The number of rotatable bonds is 5. The van der Waals surface area contributed by atoms with Gasteiger partial charge in [-0.1, -0.05) is 12.2 Å². The Hall–Kier alpha value is -1.82.